The molecule has 1 aromatic carbocycles. The summed E-state index contributed by atoms with van der Waals surface area (Å²) in [6.07, 6.45) is -2.46. The molecule has 0 radical (unpaired) electrons. The average Bonchev–Trinajstić information content (AvgIpc) is 2.79. The van der Waals surface area contributed by atoms with E-state index < -0.39 is 133 Å². The number of oxime groups is 1. The molecule has 3 aromatic rings. The molecule has 24 heteroatoms. The van der Waals surface area contributed by atoms with E-state index in [0.29, 0.717) is 42.8 Å². The number of aliphatic hydroxyl groups excluding tert-OH is 3. The zero-order valence-electron chi connectivity index (χ0n) is 51.8. The second-order valence-corrected chi connectivity index (χ2v) is 24.5. The Bertz CT molecular complexity index is 2570. The van der Waals surface area contributed by atoms with Crippen molar-refractivity contribution in [1.82, 2.24) is 29.9 Å². The second kappa shape index (κ2) is 29.1. The van der Waals surface area contributed by atoms with Gasteiger partial charge < -0.3 is 78.1 Å². The molecule has 5 N–H and O–H groups in total. The standard InChI is InChI=1S/C60H95FN8O15/c1-16-46-60(10,74)52(71)35(4)48(66-79-32-75-12)33(2)26-59(9,78-15)54(36(5)50(37(6)55(73)82-46)83-47-27-58(8,77-14)53(72)38(7)81-47)84-56-49(70)44(25-34(3)80-56)68(11)24-23-43-31-69(67-65-43)45(28-61)51(76-13)40-19-17-39(18-20-40)41-29-62-57(63-30-41)64-42-21-22-42/h17-20,29-31,33-38,42,44-47,49-54,56,70-72,74H,16,21-28,32H2,1-15H3,(H,62,63,64)/b66-48+/t33-,34-,35+,36+,37-,38+,44+,45-,46-,47+,49-,50+,51-,52-,53+,54-,56+,58-,59-,60-/m1/s1. The molecule has 1 aliphatic carbocycles. The number of ether oxygens (including phenoxy) is 9. The van der Waals surface area contributed by atoms with Crippen LogP contribution in [0.2, 0.25) is 0 Å². The van der Waals surface area contributed by atoms with Crippen LogP contribution in [-0.4, -0.2) is 208 Å². The van der Waals surface area contributed by atoms with E-state index in [0.717, 1.165) is 29.5 Å². The van der Waals surface area contributed by atoms with Crippen LogP contribution in [0, 0.1) is 23.7 Å². The molecule has 20 atom stereocenters. The van der Waals surface area contributed by atoms with Gasteiger partial charge in [-0.05, 0) is 91.8 Å². The number of likely N-dealkylation sites (N-methyl/N-ethyl adjacent to an activating group) is 1. The summed E-state index contributed by atoms with van der Waals surface area (Å²) in [5, 5.41) is 64.5. The van der Waals surface area contributed by atoms with E-state index in [9.17, 15) is 25.2 Å². The number of hydrogen-bond acceptors (Lipinski definition) is 22. The summed E-state index contributed by atoms with van der Waals surface area (Å²) in [5.41, 5.74) is -0.900. The highest BCUT2D eigenvalue weighted by Gasteiger charge is 2.54. The third-order valence-electron chi connectivity index (χ3n) is 18.1. The van der Waals surface area contributed by atoms with E-state index in [1.54, 1.807) is 53.2 Å². The van der Waals surface area contributed by atoms with E-state index in [-0.39, 0.29) is 26.1 Å². The maximum absolute atomic E-state index is 15.1. The van der Waals surface area contributed by atoms with Crippen molar-refractivity contribution in [3.05, 3.63) is 54.1 Å². The van der Waals surface area contributed by atoms with Gasteiger partial charge in [-0.2, -0.15) is 0 Å². The quantitative estimate of drug-likeness (QED) is 0.0335. The van der Waals surface area contributed by atoms with Crippen LogP contribution in [0.3, 0.4) is 0 Å². The van der Waals surface area contributed by atoms with Gasteiger partial charge in [-0.1, -0.05) is 62.3 Å². The Kier molecular flexibility index (Phi) is 23.2. The van der Waals surface area contributed by atoms with Crippen molar-refractivity contribution in [1.29, 1.82) is 0 Å². The summed E-state index contributed by atoms with van der Waals surface area (Å²) < 4.78 is 73.2. The predicted octanol–water partition coefficient (Wildman–Crippen LogP) is 5.98. The van der Waals surface area contributed by atoms with E-state index in [2.05, 4.69) is 30.8 Å². The summed E-state index contributed by atoms with van der Waals surface area (Å²) in [5.74, 6) is -3.41. The number of methoxy groups -OCH3 is 4. The van der Waals surface area contributed by atoms with Crippen molar-refractivity contribution in [2.75, 3.05) is 60.8 Å². The van der Waals surface area contributed by atoms with Crippen LogP contribution >= 0.6 is 0 Å². The number of cyclic esters (lactones) is 1. The minimum atomic E-state index is -1.97. The molecule has 4 fully saturated rings. The summed E-state index contributed by atoms with van der Waals surface area (Å²) in [6.45, 7) is 17.0. The molecule has 0 unspecified atom stereocenters. The zero-order valence-corrected chi connectivity index (χ0v) is 51.8. The van der Waals surface area contributed by atoms with E-state index in [1.807, 2.05) is 63.9 Å². The highest BCUT2D eigenvalue weighted by Crippen LogP contribution is 2.43. The summed E-state index contributed by atoms with van der Waals surface area (Å²) in [7, 11) is 7.93. The van der Waals surface area contributed by atoms with Crippen molar-refractivity contribution >= 4 is 17.6 Å². The Morgan fingerprint density at radius 2 is 1.58 bits per heavy atom. The monoisotopic (exact) mass is 1190 g/mol. The molecule has 2 aromatic heterocycles. The summed E-state index contributed by atoms with van der Waals surface area (Å²) in [4.78, 5) is 31.3. The van der Waals surface area contributed by atoms with E-state index in [1.165, 1.54) is 40.0 Å². The van der Waals surface area contributed by atoms with Crippen molar-refractivity contribution in [2.24, 2.45) is 28.8 Å². The molecule has 84 heavy (non-hydrogen) atoms. The maximum atomic E-state index is 15.1. The first-order chi connectivity index (χ1) is 39.9. The molecule has 0 amide bonds. The lowest BCUT2D eigenvalue weighted by molar-refractivity contribution is -0.319. The van der Waals surface area contributed by atoms with Crippen molar-refractivity contribution in [3.8, 4) is 11.1 Å². The topological polar surface area (TPSA) is 274 Å². The fraction of sp³-hybridized carbons (Fsp3) is 0.767. The summed E-state index contributed by atoms with van der Waals surface area (Å²) in [6, 6.07) is 6.79. The number of carbonyl (C=O) groups is 1. The summed E-state index contributed by atoms with van der Waals surface area (Å²) >= 11 is 0. The number of aliphatic hydroxyl groups is 4. The lowest BCUT2D eigenvalue weighted by atomic mass is 9.73. The molecule has 472 valence electrons. The number of aromatic nitrogens is 5. The van der Waals surface area contributed by atoms with Crippen molar-refractivity contribution in [2.45, 2.75) is 217 Å². The molecule has 3 aliphatic heterocycles. The Labute approximate surface area is 494 Å². The van der Waals surface area contributed by atoms with Gasteiger partial charge in [0.2, 0.25) is 12.7 Å². The number of carbonyl (C=O) groups excluding carboxylic acids is 1. The minimum absolute atomic E-state index is 0.0816. The van der Waals surface area contributed by atoms with Gasteiger partial charge in [0.25, 0.3) is 0 Å². The Hall–Kier alpha value is -4.41. The second-order valence-electron chi connectivity index (χ2n) is 24.5. The van der Waals surface area contributed by atoms with Gasteiger partial charge in [0.05, 0.1) is 59.0 Å². The van der Waals surface area contributed by atoms with Gasteiger partial charge in [-0.3, -0.25) is 4.79 Å². The van der Waals surface area contributed by atoms with Gasteiger partial charge in [-0.15, -0.1) is 5.10 Å². The fourth-order valence-corrected chi connectivity index (χ4v) is 12.5. The number of benzene rings is 1. The van der Waals surface area contributed by atoms with Gasteiger partial charge in [0.1, 0.15) is 42.7 Å². The van der Waals surface area contributed by atoms with Crippen LogP contribution < -0.4 is 5.32 Å². The number of rotatable bonds is 22. The molecular formula is C60H95FN8O15. The fourth-order valence-electron chi connectivity index (χ4n) is 12.5. The Balaban J connectivity index is 1.14. The molecule has 7 rings (SSSR count). The number of nitrogens with one attached hydrogen (secondary N) is 1. The average molecular weight is 1190 g/mol. The number of alkyl halides is 1. The highest BCUT2D eigenvalue weighted by atomic mass is 19.1. The first kappa shape index (κ1) is 67.1. The van der Waals surface area contributed by atoms with Crippen LogP contribution in [0.25, 0.3) is 11.1 Å². The SMILES string of the molecule is CC[C@H]1OC(=O)[C@H](C)[C@@H](O[C@H]2C[C@@](C)(OC)[C@@H](O)[C@H](C)O2)[C@H](C)[C@@H](O[C@@H]2O[C@H](C)C[C@H](N(C)CCc3cn([C@H](CF)[C@H](OC)c4ccc(-c5cnc(NC6CC6)nc5)cc4)nn3)[C@H]2O)[C@](C)(OC)C[C@@H](C)/C(=N\OCOC)[C@H](C)[C@@H](O)[C@]1(C)O. The largest absolute Gasteiger partial charge is 0.459 e. The number of hydrogen-bond donors (Lipinski definition) is 5. The van der Waals surface area contributed by atoms with Crippen LogP contribution in [0.5, 0.6) is 0 Å². The lowest BCUT2D eigenvalue weighted by Gasteiger charge is -2.50. The zero-order chi connectivity index (χ0) is 61.4. The molecule has 0 bridgehead atoms. The van der Waals surface area contributed by atoms with Crippen LogP contribution in [-0.2, 0) is 58.7 Å². The van der Waals surface area contributed by atoms with Gasteiger partial charge >= 0.3 is 5.97 Å². The van der Waals surface area contributed by atoms with Crippen LogP contribution in [0.1, 0.15) is 131 Å². The smallest absolute Gasteiger partial charge is 0.311 e. The van der Waals surface area contributed by atoms with Gasteiger partial charge in [0, 0.05) is 102 Å². The van der Waals surface area contributed by atoms with E-state index in [4.69, 9.17) is 47.5 Å². The third-order valence-corrected chi connectivity index (χ3v) is 18.1. The lowest BCUT2D eigenvalue weighted by Crippen LogP contribution is -2.61. The minimum Gasteiger partial charge on any atom is -0.459 e. The number of anilines is 1. The Morgan fingerprint density at radius 1 is 0.905 bits per heavy atom. The highest BCUT2D eigenvalue weighted by molar-refractivity contribution is 5.88. The van der Waals surface area contributed by atoms with Crippen LogP contribution in [0.4, 0.5) is 10.3 Å². The van der Waals surface area contributed by atoms with Crippen molar-refractivity contribution in [3.63, 3.8) is 0 Å². The third kappa shape index (κ3) is 15.5. The number of halogens is 1. The normalized spacial score (nSPS) is 36.9. The molecule has 23 nitrogen and oxygen atoms in total. The molecular weight excluding hydrogens is 1090 g/mol. The maximum Gasteiger partial charge on any atom is 0.311 e. The van der Waals surface area contributed by atoms with Gasteiger partial charge in [0.15, 0.2) is 12.6 Å². The first-order valence-electron chi connectivity index (χ1n) is 29.6. The molecule has 1 saturated carbocycles. The number of nitrogens with zero attached hydrogens (tertiary/aromatic N) is 7. The Morgan fingerprint density at radius 3 is 2.19 bits per heavy atom. The molecule has 0 spiro atoms. The van der Waals surface area contributed by atoms with Gasteiger partial charge in [-0.25, -0.2) is 19.0 Å². The number of esters is 1. The predicted molar refractivity (Wildman–Crippen MR) is 308 cm³/mol. The molecule has 5 heterocycles. The molecule has 3 saturated heterocycles. The van der Waals surface area contributed by atoms with E-state index >= 15 is 4.39 Å². The molecule has 4 aliphatic rings. The first-order valence-corrected chi connectivity index (χ1v) is 29.6. The van der Waals surface area contributed by atoms with Crippen LogP contribution in [0.15, 0.2) is 48.0 Å². The van der Waals surface area contributed by atoms with Crippen molar-refractivity contribution < 1.29 is 77.1 Å².